The van der Waals surface area contributed by atoms with Crippen molar-refractivity contribution in [1.82, 2.24) is 4.98 Å². The van der Waals surface area contributed by atoms with Gasteiger partial charge in [0.15, 0.2) is 6.29 Å². The minimum absolute atomic E-state index is 0.113. The molecule has 0 fully saturated rings. The van der Waals surface area contributed by atoms with Crippen molar-refractivity contribution in [3.8, 4) is 11.6 Å². The minimum Gasteiger partial charge on any atom is -0.480 e. The molecule has 5 nitrogen and oxygen atoms in total. The molecule has 0 bridgehead atoms. The van der Waals surface area contributed by atoms with Gasteiger partial charge in [0.2, 0.25) is 17.1 Å². The van der Waals surface area contributed by atoms with Gasteiger partial charge in [-0.3, -0.25) is 9.59 Å². The summed E-state index contributed by atoms with van der Waals surface area (Å²) in [4.78, 5) is 23.8. The van der Waals surface area contributed by atoms with Crippen molar-refractivity contribution in [3.05, 3.63) is 22.0 Å². The number of carbonyl (C=O) groups is 1. The van der Waals surface area contributed by atoms with Gasteiger partial charge < -0.3 is 14.5 Å². The van der Waals surface area contributed by atoms with Crippen molar-refractivity contribution in [3.63, 3.8) is 0 Å². The fraction of sp³-hybridized carbons (Fsp3) is 0.250. The van der Waals surface area contributed by atoms with E-state index in [9.17, 15) is 22.8 Å². The van der Waals surface area contributed by atoms with Crippen LogP contribution in [0.1, 0.15) is 10.4 Å². The van der Waals surface area contributed by atoms with Crippen molar-refractivity contribution >= 4 is 6.29 Å². The van der Waals surface area contributed by atoms with Gasteiger partial charge in [-0.15, -0.1) is 13.2 Å². The standard InChI is InChI=1S/C8H6F3NO4/c1-15-7-6(16-8(9,10)11)5(14)4(3-13)2-12-7/h2-3H,1H3,(H,12,14). The van der Waals surface area contributed by atoms with Crippen LogP contribution in [-0.4, -0.2) is 24.7 Å². The van der Waals surface area contributed by atoms with Crippen molar-refractivity contribution in [2.24, 2.45) is 0 Å². The largest absolute Gasteiger partial charge is 0.573 e. The Balaban J connectivity index is 3.32. The van der Waals surface area contributed by atoms with Gasteiger partial charge >= 0.3 is 6.36 Å². The van der Waals surface area contributed by atoms with Gasteiger partial charge in [-0.05, 0) is 0 Å². The molecule has 1 heterocycles. The molecule has 0 saturated carbocycles. The molecule has 0 radical (unpaired) electrons. The Morgan fingerprint density at radius 2 is 2.06 bits per heavy atom. The number of pyridine rings is 1. The van der Waals surface area contributed by atoms with E-state index in [4.69, 9.17) is 0 Å². The molecule has 0 amide bonds. The number of aromatic nitrogens is 1. The summed E-state index contributed by atoms with van der Waals surface area (Å²) in [5.74, 6) is -1.60. The summed E-state index contributed by atoms with van der Waals surface area (Å²) < 4.78 is 43.8. The van der Waals surface area contributed by atoms with Gasteiger partial charge in [-0.25, -0.2) is 0 Å². The van der Waals surface area contributed by atoms with Crippen LogP contribution < -0.4 is 14.9 Å². The highest BCUT2D eigenvalue weighted by molar-refractivity contribution is 5.75. The van der Waals surface area contributed by atoms with Gasteiger partial charge in [-0.1, -0.05) is 0 Å². The number of nitrogens with one attached hydrogen (secondary N) is 1. The van der Waals surface area contributed by atoms with Crippen LogP contribution in [0.25, 0.3) is 0 Å². The summed E-state index contributed by atoms with van der Waals surface area (Å²) in [5.41, 5.74) is -1.68. The second-order valence-corrected chi connectivity index (χ2v) is 2.60. The lowest BCUT2D eigenvalue weighted by atomic mass is 10.3. The molecular weight excluding hydrogens is 231 g/mol. The van der Waals surface area contributed by atoms with E-state index < -0.39 is 29.0 Å². The van der Waals surface area contributed by atoms with E-state index in [0.717, 1.165) is 13.3 Å². The zero-order valence-corrected chi connectivity index (χ0v) is 7.92. The number of ether oxygens (including phenoxy) is 2. The molecule has 1 rings (SSSR count). The first-order chi connectivity index (χ1) is 7.39. The van der Waals surface area contributed by atoms with Crippen LogP contribution in [0.15, 0.2) is 11.0 Å². The highest BCUT2D eigenvalue weighted by atomic mass is 19.4. The van der Waals surface area contributed by atoms with Crippen molar-refractivity contribution in [2.75, 3.05) is 7.11 Å². The third-order valence-corrected chi connectivity index (χ3v) is 1.58. The highest BCUT2D eigenvalue weighted by Crippen LogP contribution is 2.26. The SMILES string of the molecule is COc1[nH]cc(C=O)c(=O)c1OC(F)(F)F. The number of methoxy groups -OCH3 is 1. The summed E-state index contributed by atoms with van der Waals surface area (Å²) >= 11 is 0. The number of hydrogen-bond donors (Lipinski definition) is 1. The van der Waals surface area contributed by atoms with Crippen molar-refractivity contribution in [1.29, 1.82) is 0 Å². The third-order valence-electron chi connectivity index (χ3n) is 1.58. The molecule has 16 heavy (non-hydrogen) atoms. The second kappa shape index (κ2) is 4.25. The lowest BCUT2D eigenvalue weighted by molar-refractivity contribution is -0.275. The number of aromatic amines is 1. The molecule has 1 aromatic heterocycles. The number of rotatable bonds is 3. The zero-order chi connectivity index (χ0) is 12.3. The molecule has 0 saturated heterocycles. The van der Waals surface area contributed by atoms with E-state index in [1.54, 1.807) is 0 Å². The monoisotopic (exact) mass is 237 g/mol. The average Bonchev–Trinajstić information content (AvgIpc) is 2.19. The predicted molar refractivity (Wildman–Crippen MR) is 45.7 cm³/mol. The zero-order valence-electron chi connectivity index (χ0n) is 7.92. The Hall–Kier alpha value is -1.99. The number of hydrogen-bond acceptors (Lipinski definition) is 4. The normalized spacial score (nSPS) is 11.0. The van der Waals surface area contributed by atoms with Crippen molar-refractivity contribution in [2.45, 2.75) is 6.36 Å². The summed E-state index contributed by atoms with van der Waals surface area (Å²) in [6.45, 7) is 0. The highest BCUT2D eigenvalue weighted by Gasteiger charge is 2.34. The summed E-state index contributed by atoms with van der Waals surface area (Å²) in [7, 11) is 1.05. The molecule has 0 aromatic carbocycles. The first kappa shape index (κ1) is 12.1. The molecule has 0 aliphatic rings. The van der Waals surface area contributed by atoms with E-state index in [1.165, 1.54) is 0 Å². The molecule has 0 aliphatic carbocycles. The predicted octanol–water partition coefficient (Wildman–Crippen LogP) is 1.09. The maximum atomic E-state index is 12.0. The summed E-state index contributed by atoms with van der Waals surface area (Å²) in [5, 5.41) is 0. The van der Waals surface area contributed by atoms with E-state index in [1.807, 2.05) is 0 Å². The number of carbonyl (C=O) groups excluding carboxylic acids is 1. The van der Waals surface area contributed by atoms with Gasteiger partial charge in [0.05, 0.1) is 12.7 Å². The molecular formula is C8H6F3NO4. The number of alkyl halides is 3. The Labute approximate surface area is 86.8 Å². The van der Waals surface area contributed by atoms with Crippen LogP contribution in [-0.2, 0) is 0 Å². The van der Waals surface area contributed by atoms with E-state index in [-0.39, 0.29) is 6.29 Å². The summed E-state index contributed by atoms with van der Waals surface area (Å²) in [6, 6.07) is 0. The van der Waals surface area contributed by atoms with Crippen LogP contribution in [0.5, 0.6) is 11.6 Å². The average molecular weight is 237 g/mol. The Kier molecular flexibility index (Phi) is 3.21. The number of H-pyrrole nitrogens is 1. The fourth-order valence-corrected chi connectivity index (χ4v) is 0.956. The summed E-state index contributed by atoms with van der Waals surface area (Å²) in [6.07, 6.45) is -4.00. The first-order valence-corrected chi connectivity index (χ1v) is 3.89. The first-order valence-electron chi connectivity index (χ1n) is 3.89. The van der Waals surface area contributed by atoms with Gasteiger partial charge in [0, 0.05) is 6.20 Å². The van der Waals surface area contributed by atoms with Crippen LogP contribution in [0, 0.1) is 0 Å². The molecule has 1 N–H and O–H groups in total. The number of aldehydes is 1. The molecule has 0 aliphatic heterocycles. The Bertz CT molecular complexity index is 452. The van der Waals surface area contributed by atoms with Gasteiger partial charge in [0.25, 0.3) is 0 Å². The van der Waals surface area contributed by atoms with Gasteiger partial charge in [-0.2, -0.15) is 0 Å². The number of halogens is 3. The van der Waals surface area contributed by atoms with Crippen molar-refractivity contribution < 1.29 is 27.4 Å². The Morgan fingerprint density at radius 3 is 2.50 bits per heavy atom. The van der Waals surface area contributed by atoms with Crippen LogP contribution >= 0.6 is 0 Å². The lowest BCUT2D eigenvalue weighted by Gasteiger charge is -2.11. The smallest absolute Gasteiger partial charge is 0.480 e. The van der Waals surface area contributed by atoms with E-state index in [0.29, 0.717) is 0 Å². The molecule has 8 heteroatoms. The van der Waals surface area contributed by atoms with Crippen LogP contribution in [0.2, 0.25) is 0 Å². The van der Waals surface area contributed by atoms with Crippen LogP contribution in [0.4, 0.5) is 13.2 Å². The van der Waals surface area contributed by atoms with E-state index in [2.05, 4.69) is 14.5 Å². The molecule has 1 aromatic rings. The maximum absolute atomic E-state index is 12.0. The topological polar surface area (TPSA) is 68.4 Å². The fourth-order valence-electron chi connectivity index (χ4n) is 0.956. The third kappa shape index (κ3) is 2.53. The second-order valence-electron chi connectivity index (χ2n) is 2.60. The van der Waals surface area contributed by atoms with Gasteiger partial charge in [0.1, 0.15) is 0 Å². The molecule has 0 spiro atoms. The Morgan fingerprint density at radius 1 is 1.44 bits per heavy atom. The van der Waals surface area contributed by atoms with E-state index >= 15 is 0 Å². The minimum atomic E-state index is -5.04. The molecule has 0 unspecified atom stereocenters. The molecule has 88 valence electrons. The molecule has 0 atom stereocenters. The lowest BCUT2D eigenvalue weighted by Crippen LogP contribution is -2.24. The quantitative estimate of drug-likeness (QED) is 0.799. The maximum Gasteiger partial charge on any atom is 0.573 e. The van der Waals surface area contributed by atoms with Crippen LogP contribution in [0.3, 0.4) is 0 Å².